The van der Waals surface area contributed by atoms with Gasteiger partial charge in [-0.15, -0.1) is 0 Å². The molecule has 2 atom stereocenters. The highest BCUT2D eigenvalue weighted by atomic mass is 16.6. The lowest BCUT2D eigenvalue weighted by Gasteiger charge is -2.32. The molecule has 1 amide bonds. The topological polar surface area (TPSA) is 55.8 Å². The van der Waals surface area contributed by atoms with Gasteiger partial charge in [-0.25, -0.2) is 0 Å². The van der Waals surface area contributed by atoms with E-state index in [-0.39, 0.29) is 18.3 Å². The molecule has 1 fully saturated rings. The molecule has 1 heterocycles. The molecule has 1 aromatic rings. The average molecular weight is 291 g/mol. The minimum absolute atomic E-state index is 0.0315. The van der Waals surface area contributed by atoms with Crippen LogP contribution in [-0.4, -0.2) is 35.2 Å². The van der Waals surface area contributed by atoms with Crippen LogP contribution in [0.1, 0.15) is 32.8 Å². The molecule has 0 aromatic heterocycles. The Morgan fingerprint density at radius 1 is 1.38 bits per heavy atom. The standard InChI is InChI=1S/C16H21NO4/c1-4-20-14(18)10-16(3)17(15(19)12(2)21-16)11-13-8-6-5-7-9-13/h5-9,12H,4,10-11H2,1-3H3/t12-,16-/m0/s1. The minimum Gasteiger partial charge on any atom is -0.466 e. The summed E-state index contributed by atoms with van der Waals surface area (Å²) in [6, 6.07) is 9.65. The van der Waals surface area contributed by atoms with Crippen LogP contribution in [0.3, 0.4) is 0 Å². The first-order valence-electron chi connectivity index (χ1n) is 7.15. The molecule has 0 spiro atoms. The number of hydrogen-bond acceptors (Lipinski definition) is 4. The maximum absolute atomic E-state index is 12.3. The Kier molecular flexibility index (Phi) is 4.63. The van der Waals surface area contributed by atoms with Crippen molar-refractivity contribution >= 4 is 11.9 Å². The third kappa shape index (κ3) is 3.42. The van der Waals surface area contributed by atoms with Crippen LogP contribution >= 0.6 is 0 Å². The van der Waals surface area contributed by atoms with Gasteiger partial charge in [0.2, 0.25) is 0 Å². The average Bonchev–Trinajstić information content (AvgIpc) is 2.63. The van der Waals surface area contributed by atoms with E-state index in [4.69, 9.17) is 9.47 Å². The zero-order valence-corrected chi connectivity index (χ0v) is 12.7. The van der Waals surface area contributed by atoms with Crippen molar-refractivity contribution in [3.63, 3.8) is 0 Å². The van der Waals surface area contributed by atoms with E-state index in [9.17, 15) is 9.59 Å². The fraction of sp³-hybridized carbons (Fsp3) is 0.500. The third-order valence-corrected chi connectivity index (χ3v) is 3.58. The van der Waals surface area contributed by atoms with Gasteiger partial charge < -0.3 is 14.4 Å². The molecule has 0 N–H and O–H groups in total. The number of carbonyl (C=O) groups is 2. The molecule has 21 heavy (non-hydrogen) atoms. The molecule has 2 rings (SSSR count). The van der Waals surface area contributed by atoms with E-state index in [1.807, 2.05) is 30.3 Å². The van der Waals surface area contributed by atoms with Gasteiger partial charge in [0.25, 0.3) is 5.91 Å². The largest absolute Gasteiger partial charge is 0.466 e. The summed E-state index contributed by atoms with van der Waals surface area (Å²) in [7, 11) is 0. The van der Waals surface area contributed by atoms with Crippen molar-refractivity contribution in [2.75, 3.05) is 6.61 Å². The molecular formula is C16H21NO4. The number of rotatable bonds is 5. The molecule has 0 unspecified atom stereocenters. The van der Waals surface area contributed by atoms with Gasteiger partial charge in [-0.3, -0.25) is 9.59 Å². The smallest absolute Gasteiger partial charge is 0.310 e. The van der Waals surface area contributed by atoms with Crippen molar-refractivity contribution in [2.45, 2.75) is 45.6 Å². The molecule has 5 nitrogen and oxygen atoms in total. The van der Waals surface area contributed by atoms with Gasteiger partial charge >= 0.3 is 5.97 Å². The van der Waals surface area contributed by atoms with E-state index < -0.39 is 11.8 Å². The maximum atomic E-state index is 12.3. The number of benzene rings is 1. The first-order valence-corrected chi connectivity index (χ1v) is 7.15. The predicted molar refractivity (Wildman–Crippen MR) is 77.2 cm³/mol. The SMILES string of the molecule is CCOC(=O)C[C@]1(C)O[C@@H](C)C(=O)N1Cc1ccccc1. The normalized spacial score (nSPS) is 25.2. The summed E-state index contributed by atoms with van der Waals surface area (Å²) in [5.41, 5.74) is 0.0390. The van der Waals surface area contributed by atoms with Gasteiger partial charge in [-0.1, -0.05) is 30.3 Å². The molecular weight excluding hydrogens is 270 g/mol. The highest BCUT2D eigenvalue weighted by molar-refractivity contribution is 5.84. The summed E-state index contributed by atoms with van der Waals surface area (Å²) >= 11 is 0. The highest BCUT2D eigenvalue weighted by Crippen LogP contribution is 2.33. The summed E-state index contributed by atoms with van der Waals surface area (Å²) in [4.78, 5) is 25.7. The Bertz CT molecular complexity index is 516. The minimum atomic E-state index is -0.960. The van der Waals surface area contributed by atoms with E-state index in [1.165, 1.54) is 0 Å². The van der Waals surface area contributed by atoms with Crippen molar-refractivity contribution in [1.29, 1.82) is 0 Å². The first-order chi connectivity index (χ1) is 9.96. The number of hydrogen-bond donors (Lipinski definition) is 0. The molecule has 114 valence electrons. The number of carbonyl (C=O) groups excluding carboxylic acids is 2. The monoisotopic (exact) mass is 291 g/mol. The summed E-state index contributed by atoms with van der Waals surface area (Å²) in [6.45, 7) is 5.95. The van der Waals surface area contributed by atoms with Crippen LogP contribution in [0.4, 0.5) is 0 Å². The maximum Gasteiger partial charge on any atom is 0.310 e. The van der Waals surface area contributed by atoms with Crippen molar-refractivity contribution in [3.8, 4) is 0 Å². The molecule has 0 saturated carbocycles. The van der Waals surface area contributed by atoms with Gasteiger partial charge in [0.15, 0.2) is 5.72 Å². The van der Waals surface area contributed by atoms with E-state index >= 15 is 0 Å². The van der Waals surface area contributed by atoms with E-state index in [0.717, 1.165) is 5.56 Å². The molecule has 0 radical (unpaired) electrons. The van der Waals surface area contributed by atoms with Gasteiger partial charge in [-0.05, 0) is 26.3 Å². The van der Waals surface area contributed by atoms with E-state index in [2.05, 4.69) is 0 Å². The van der Waals surface area contributed by atoms with Crippen molar-refractivity contribution in [1.82, 2.24) is 4.90 Å². The lowest BCUT2D eigenvalue weighted by molar-refractivity contribution is -0.158. The number of esters is 1. The van der Waals surface area contributed by atoms with Crippen LogP contribution in [0.5, 0.6) is 0 Å². The van der Waals surface area contributed by atoms with Gasteiger partial charge in [0.1, 0.15) is 6.10 Å². The van der Waals surface area contributed by atoms with E-state index in [1.54, 1.807) is 25.7 Å². The number of ether oxygens (including phenoxy) is 2. The molecule has 5 heteroatoms. The van der Waals surface area contributed by atoms with Crippen LogP contribution in [-0.2, 0) is 25.6 Å². The van der Waals surface area contributed by atoms with Gasteiger partial charge in [-0.2, -0.15) is 0 Å². The quantitative estimate of drug-likeness (QED) is 0.780. The highest BCUT2D eigenvalue weighted by Gasteiger charge is 2.48. The van der Waals surface area contributed by atoms with E-state index in [0.29, 0.717) is 13.2 Å². The second-order valence-electron chi connectivity index (χ2n) is 5.33. The number of nitrogens with zero attached hydrogens (tertiary/aromatic N) is 1. The van der Waals surface area contributed by atoms with Crippen LogP contribution in [0.25, 0.3) is 0 Å². The van der Waals surface area contributed by atoms with Crippen LogP contribution in [0, 0.1) is 0 Å². The first kappa shape index (κ1) is 15.5. The number of amides is 1. The van der Waals surface area contributed by atoms with Crippen molar-refractivity contribution in [3.05, 3.63) is 35.9 Å². The molecule has 1 aromatic carbocycles. The van der Waals surface area contributed by atoms with Crippen LogP contribution < -0.4 is 0 Å². The molecule has 1 aliphatic rings. The van der Waals surface area contributed by atoms with Crippen LogP contribution in [0.2, 0.25) is 0 Å². The summed E-state index contributed by atoms with van der Waals surface area (Å²) < 4.78 is 10.7. The zero-order chi connectivity index (χ0) is 15.5. The van der Waals surface area contributed by atoms with Crippen LogP contribution in [0.15, 0.2) is 30.3 Å². The Balaban J connectivity index is 2.18. The van der Waals surface area contributed by atoms with Crippen molar-refractivity contribution in [2.24, 2.45) is 0 Å². The fourth-order valence-electron chi connectivity index (χ4n) is 2.58. The fourth-order valence-corrected chi connectivity index (χ4v) is 2.58. The molecule has 0 bridgehead atoms. The Morgan fingerprint density at radius 2 is 2.05 bits per heavy atom. The second kappa shape index (κ2) is 6.26. The predicted octanol–water partition coefficient (Wildman–Crippen LogP) is 2.10. The van der Waals surface area contributed by atoms with Gasteiger partial charge in [0.05, 0.1) is 13.0 Å². The zero-order valence-electron chi connectivity index (χ0n) is 12.7. The Labute approximate surface area is 124 Å². The van der Waals surface area contributed by atoms with Crippen molar-refractivity contribution < 1.29 is 19.1 Å². The molecule has 0 aliphatic carbocycles. The Morgan fingerprint density at radius 3 is 2.67 bits per heavy atom. The lowest BCUT2D eigenvalue weighted by atomic mass is 10.1. The summed E-state index contributed by atoms with van der Waals surface area (Å²) in [6.07, 6.45) is -0.517. The van der Waals surface area contributed by atoms with Gasteiger partial charge in [0, 0.05) is 6.54 Å². The lowest BCUT2D eigenvalue weighted by Crippen LogP contribution is -2.45. The Hall–Kier alpha value is -1.88. The third-order valence-electron chi connectivity index (χ3n) is 3.58. The second-order valence-corrected chi connectivity index (χ2v) is 5.33. The summed E-state index contributed by atoms with van der Waals surface area (Å²) in [5, 5.41) is 0. The molecule has 1 saturated heterocycles. The molecule has 1 aliphatic heterocycles. The summed E-state index contributed by atoms with van der Waals surface area (Å²) in [5.74, 6) is -0.467.